The molecule has 5 rings (SSSR count). The number of hydrogen-bond acceptors (Lipinski definition) is 5. The van der Waals surface area contributed by atoms with E-state index in [1.54, 1.807) is 18.2 Å². The van der Waals surface area contributed by atoms with Crippen molar-refractivity contribution in [3.8, 4) is 28.8 Å². The number of benzene rings is 2. The van der Waals surface area contributed by atoms with Crippen LogP contribution in [0.4, 0.5) is 4.79 Å². The molecule has 1 aliphatic carbocycles. The van der Waals surface area contributed by atoms with Gasteiger partial charge >= 0.3 is 6.09 Å². The van der Waals surface area contributed by atoms with Crippen LogP contribution in [0.3, 0.4) is 0 Å². The van der Waals surface area contributed by atoms with E-state index in [1.165, 1.54) is 6.42 Å². The molecule has 0 bridgehead atoms. The van der Waals surface area contributed by atoms with Crippen molar-refractivity contribution in [2.24, 2.45) is 0 Å². The van der Waals surface area contributed by atoms with Crippen LogP contribution in [0.1, 0.15) is 43.7 Å². The maximum absolute atomic E-state index is 11.9. The van der Waals surface area contributed by atoms with Gasteiger partial charge in [0.2, 0.25) is 0 Å². The molecule has 3 aromatic rings. The molecular weight excluding hydrogens is 442 g/mol. The molecule has 0 unspecified atom stereocenters. The van der Waals surface area contributed by atoms with Crippen LogP contribution in [-0.2, 0) is 4.74 Å². The van der Waals surface area contributed by atoms with Gasteiger partial charge in [-0.1, -0.05) is 6.08 Å². The van der Waals surface area contributed by atoms with Crippen LogP contribution in [0.15, 0.2) is 55.1 Å². The van der Waals surface area contributed by atoms with Crippen molar-refractivity contribution in [1.29, 1.82) is 5.26 Å². The highest BCUT2D eigenvalue weighted by atomic mass is 16.6. The third-order valence-corrected chi connectivity index (χ3v) is 6.73. The number of amides is 1. The lowest BCUT2D eigenvalue weighted by Crippen LogP contribution is -2.26. The quantitative estimate of drug-likeness (QED) is 0.444. The van der Waals surface area contributed by atoms with Gasteiger partial charge in [0, 0.05) is 36.9 Å². The molecule has 2 fully saturated rings. The molecule has 1 amide bonds. The van der Waals surface area contributed by atoms with Crippen LogP contribution in [0, 0.1) is 11.3 Å². The zero-order valence-electron chi connectivity index (χ0n) is 19.7. The Morgan fingerprint density at radius 2 is 1.89 bits per heavy atom. The molecule has 2 aromatic carbocycles. The summed E-state index contributed by atoms with van der Waals surface area (Å²) in [5.74, 6) is 1.26. The fourth-order valence-electron chi connectivity index (χ4n) is 4.75. The van der Waals surface area contributed by atoms with Gasteiger partial charge in [-0.25, -0.2) is 4.79 Å². The summed E-state index contributed by atoms with van der Waals surface area (Å²) in [6.07, 6.45) is 6.32. The molecule has 7 nitrogen and oxygen atoms in total. The molecule has 35 heavy (non-hydrogen) atoms. The average molecular weight is 472 g/mol. The van der Waals surface area contributed by atoms with E-state index in [0.29, 0.717) is 23.9 Å². The number of rotatable bonds is 7. The molecule has 1 saturated carbocycles. The van der Waals surface area contributed by atoms with E-state index in [2.05, 4.69) is 28.6 Å². The van der Waals surface area contributed by atoms with Crippen LogP contribution >= 0.6 is 0 Å². The van der Waals surface area contributed by atoms with E-state index in [-0.39, 0.29) is 6.10 Å². The van der Waals surface area contributed by atoms with E-state index in [9.17, 15) is 10.1 Å². The Kier molecular flexibility index (Phi) is 6.73. The SMILES string of the molecule is C=CCNC(=O)Oc1ccc(-c2c(C#N)c3ccc(OC4CCOCC4)cc3n2C2CCC2)cc1. The molecule has 0 atom stereocenters. The molecular formula is C28H29N3O4. The second-order valence-electron chi connectivity index (χ2n) is 8.98. The second-order valence-corrected chi connectivity index (χ2v) is 8.98. The third-order valence-electron chi connectivity index (χ3n) is 6.73. The van der Waals surface area contributed by atoms with Crippen LogP contribution in [0.5, 0.6) is 11.5 Å². The van der Waals surface area contributed by atoms with Gasteiger partial charge in [-0.3, -0.25) is 0 Å². The van der Waals surface area contributed by atoms with Gasteiger partial charge in [-0.2, -0.15) is 5.26 Å². The van der Waals surface area contributed by atoms with E-state index in [4.69, 9.17) is 14.2 Å². The fraction of sp³-hybridized carbons (Fsp3) is 0.357. The van der Waals surface area contributed by atoms with Crippen molar-refractivity contribution in [1.82, 2.24) is 9.88 Å². The van der Waals surface area contributed by atoms with Gasteiger partial charge in [-0.15, -0.1) is 6.58 Å². The van der Waals surface area contributed by atoms with E-state index in [0.717, 1.165) is 66.8 Å². The number of nitrogens with one attached hydrogen (secondary N) is 1. The molecule has 1 aliphatic heterocycles. The average Bonchev–Trinajstić information content (AvgIpc) is 3.16. The normalized spacial score (nSPS) is 16.3. The minimum atomic E-state index is -0.531. The van der Waals surface area contributed by atoms with Gasteiger partial charge in [0.1, 0.15) is 23.7 Å². The fourth-order valence-corrected chi connectivity index (χ4v) is 4.75. The number of fused-ring (bicyclic) bond motifs is 1. The Morgan fingerprint density at radius 3 is 2.54 bits per heavy atom. The van der Waals surface area contributed by atoms with Crippen molar-refractivity contribution < 1.29 is 19.0 Å². The molecule has 0 spiro atoms. The zero-order chi connectivity index (χ0) is 24.2. The monoisotopic (exact) mass is 471 g/mol. The van der Waals surface area contributed by atoms with Crippen molar-refractivity contribution in [2.75, 3.05) is 19.8 Å². The summed E-state index contributed by atoms with van der Waals surface area (Å²) in [6.45, 7) is 5.37. The summed E-state index contributed by atoms with van der Waals surface area (Å²) in [4.78, 5) is 11.9. The molecule has 1 N–H and O–H groups in total. The number of aromatic nitrogens is 1. The third kappa shape index (κ3) is 4.75. The largest absolute Gasteiger partial charge is 0.490 e. The molecule has 1 aromatic heterocycles. The lowest BCUT2D eigenvalue weighted by Gasteiger charge is -2.30. The topological polar surface area (TPSA) is 85.5 Å². The highest BCUT2D eigenvalue weighted by Crippen LogP contribution is 2.43. The number of carbonyl (C=O) groups excluding carboxylic acids is 1. The summed E-state index contributed by atoms with van der Waals surface area (Å²) in [6, 6.07) is 16.2. The van der Waals surface area contributed by atoms with Crippen LogP contribution in [0.25, 0.3) is 22.2 Å². The first-order valence-corrected chi connectivity index (χ1v) is 12.2. The second kappa shape index (κ2) is 10.2. The first-order valence-electron chi connectivity index (χ1n) is 12.2. The van der Waals surface area contributed by atoms with Crippen LogP contribution in [0.2, 0.25) is 0 Å². The molecule has 180 valence electrons. The summed E-state index contributed by atoms with van der Waals surface area (Å²) >= 11 is 0. The first kappa shape index (κ1) is 23.0. The standard InChI is InChI=1S/C28H29N3O4/c1-2-14-30-28(32)35-21-8-6-19(7-9-21)27-25(18-29)24-11-10-23(34-22-12-15-33-16-13-22)17-26(24)31(27)20-4-3-5-20/h2,6-11,17,20,22H,1,3-5,12-16H2,(H,30,32). The first-order chi connectivity index (χ1) is 17.2. The predicted molar refractivity (Wildman–Crippen MR) is 134 cm³/mol. The van der Waals surface area contributed by atoms with Gasteiger partial charge in [0.15, 0.2) is 0 Å². The molecule has 0 radical (unpaired) electrons. The minimum absolute atomic E-state index is 0.152. The predicted octanol–water partition coefficient (Wildman–Crippen LogP) is 5.74. The summed E-state index contributed by atoms with van der Waals surface area (Å²) < 4.78 is 19.4. The summed E-state index contributed by atoms with van der Waals surface area (Å²) in [7, 11) is 0. The number of hydrogen-bond donors (Lipinski definition) is 1. The Bertz CT molecular complexity index is 1260. The smallest absolute Gasteiger partial charge is 0.412 e. The Labute approximate surface area is 204 Å². The summed E-state index contributed by atoms with van der Waals surface area (Å²) in [5.41, 5.74) is 3.49. The number of nitriles is 1. The summed E-state index contributed by atoms with van der Waals surface area (Å²) in [5, 5.41) is 13.7. The Hall–Kier alpha value is -3.76. The van der Waals surface area contributed by atoms with Crippen molar-refractivity contribution in [3.63, 3.8) is 0 Å². The minimum Gasteiger partial charge on any atom is -0.490 e. The van der Waals surface area contributed by atoms with Crippen molar-refractivity contribution in [3.05, 3.63) is 60.7 Å². The van der Waals surface area contributed by atoms with Crippen LogP contribution in [-0.4, -0.2) is 36.5 Å². The van der Waals surface area contributed by atoms with Gasteiger partial charge in [0.25, 0.3) is 0 Å². The van der Waals surface area contributed by atoms with Gasteiger partial charge in [-0.05, 0) is 61.2 Å². The molecule has 1 saturated heterocycles. The molecule has 2 aliphatic rings. The van der Waals surface area contributed by atoms with Gasteiger partial charge < -0.3 is 24.1 Å². The number of carbonyl (C=O) groups is 1. The highest BCUT2D eigenvalue weighted by molar-refractivity contribution is 5.95. The van der Waals surface area contributed by atoms with Crippen molar-refractivity contribution >= 4 is 17.0 Å². The lowest BCUT2D eigenvalue weighted by atomic mass is 9.92. The number of nitrogens with zero attached hydrogens (tertiary/aromatic N) is 2. The Morgan fingerprint density at radius 1 is 1.14 bits per heavy atom. The van der Waals surface area contributed by atoms with Gasteiger partial charge in [0.05, 0.1) is 30.0 Å². The molecule has 7 heteroatoms. The maximum atomic E-state index is 11.9. The zero-order valence-corrected chi connectivity index (χ0v) is 19.7. The van der Waals surface area contributed by atoms with Crippen LogP contribution < -0.4 is 14.8 Å². The van der Waals surface area contributed by atoms with E-state index < -0.39 is 6.09 Å². The lowest BCUT2D eigenvalue weighted by molar-refractivity contribution is 0.0256. The van der Waals surface area contributed by atoms with E-state index in [1.807, 2.05) is 24.3 Å². The Balaban J connectivity index is 1.51. The van der Waals surface area contributed by atoms with Crippen molar-refractivity contribution in [2.45, 2.75) is 44.2 Å². The van der Waals surface area contributed by atoms with E-state index >= 15 is 0 Å². The number of ether oxygens (including phenoxy) is 3. The highest BCUT2D eigenvalue weighted by Gasteiger charge is 2.28. The maximum Gasteiger partial charge on any atom is 0.412 e. The molecule has 2 heterocycles.